The Morgan fingerprint density at radius 1 is 1.12 bits per heavy atom. The standard InChI is InChI=1S/C20H22BrNO2/c1-4-11-24-20-18(21)12-16(13-19(20)23-6-3)14-22-17-9-7-15(5-2)8-10-17/h4,7-10,12-14H,1,5-6,11H2,2-3H3. The highest BCUT2D eigenvalue weighted by molar-refractivity contribution is 9.10. The fourth-order valence-corrected chi connectivity index (χ4v) is 2.75. The highest BCUT2D eigenvalue weighted by atomic mass is 79.9. The van der Waals surface area contributed by atoms with Crippen molar-refractivity contribution < 1.29 is 9.47 Å². The Kier molecular flexibility index (Phi) is 7.07. The second-order valence-corrected chi connectivity index (χ2v) is 6.00. The first kappa shape index (κ1) is 18.3. The number of nitrogens with zero attached hydrogens (tertiary/aromatic N) is 1. The van der Waals surface area contributed by atoms with E-state index in [1.54, 1.807) is 6.08 Å². The first-order valence-corrected chi connectivity index (χ1v) is 8.80. The quantitative estimate of drug-likeness (QED) is 0.427. The van der Waals surface area contributed by atoms with Crippen LogP contribution in [0.2, 0.25) is 0 Å². The molecule has 0 N–H and O–H groups in total. The molecule has 0 amide bonds. The van der Waals surface area contributed by atoms with Crippen LogP contribution >= 0.6 is 15.9 Å². The van der Waals surface area contributed by atoms with Crippen molar-refractivity contribution >= 4 is 27.8 Å². The van der Waals surface area contributed by atoms with Crippen LogP contribution in [0.25, 0.3) is 0 Å². The van der Waals surface area contributed by atoms with Crippen molar-refractivity contribution in [3.63, 3.8) is 0 Å². The molecule has 0 spiro atoms. The highest BCUT2D eigenvalue weighted by Gasteiger charge is 2.11. The lowest BCUT2D eigenvalue weighted by Crippen LogP contribution is -2.00. The number of halogens is 1. The third-order valence-electron chi connectivity index (χ3n) is 3.38. The minimum absolute atomic E-state index is 0.426. The van der Waals surface area contributed by atoms with Gasteiger partial charge in [0.05, 0.1) is 16.8 Å². The monoisotopic (exact) mass is 387 g/mol. The summed E-state index contributed by atoms with van der Waals surface area (Å²) in [7, 11) is 0. The smallest absolute Gasteiger partial charge is 0.175 e. The third-order valence-corrected chi connectivity index (χ3v) is 3.97. The van der Waals surface area contributed by atoms with E-state index in [1.165, 1.54) is 5.56 Å². The van der Waals surface area contributed by atoms with Crippen LogP contribution in [-0.2, 0) is 6.42 Å². The number of rotatable bonds is 8. The molecule has 0 aromatic heterocycles. The van der Waals surface area contributed by atoms with Gasteiger partial charge in [-0.1, -0.05) is 31.7 Å². The summed E-state index contributed by atoms with van der Waals surface area (Å²) in [6, 6.07) is 12.1. The Bertz CT molecular complexity index is 708. The van der Waals surface area contributed by atoms with E-state index in [1.807, 2.05) is 37.4 Å². The fraction of sp³-hybridized carbons (Fsp3) is 0.250. The Hall–Kier alpha value is -2.07. The topological polar surface area (TPSA) is 30.8 Å². The molecular weight excluding hydrogens is 366 g/mol. The Morgan fingerprint density at radius 2 is 1.88 bits per heavy atom. The van der Waals surface area contributed by atoms with Crippen molar-refractivity contribution in [2.75, 3.05) is 13.2 Å². The average molecular weight is 388 g/mol. The second kappa shape index (κ2) is 9.28. The molecule has 0 fully saturated rings. The van der Waals surface area contributed by atoms with Gasteiger partial charge in [-0.2, -0.15) is 0 Å². The van der Waals surface area contributed by atoms with Crippen LogP contribution in [0.3, 0.4) is 0 Å². The number of hydrogen-bond donors (Lipinski definition) is 0. The van der Waals surface area contributed by atoms with Gasteiger partial charge in [-0.25, -0.2) is 0 Å². The molecule has 2 aromatic rings. The summed E-state index contributed by atoms with van der Waals surface area (Å²) in [5.74, 6) is 1.37. The summed E-state index contributed by atoms with van der Waals surface area (Å²) in [5, 5.41) is 0. The molecule has 3 nitrogen and oxygen atoms in total. The predicted octanol–water partition coefficient (Wildman–Crippen LogP) is 5.73. The highest BCUT2D eigenvalue weighted by Crippen LogP contribution is 2.36. The molecule has 0 saturated heterocycles. The lowest BCUT2D eigenvalue weighted by atomic mass is 10.1. The van der Waals surface area contributed by atoms with Crippen LogP contribution in [-0.4, -0.2) is 19.4 Å². The van der Waals surface area contributed by atoms with Crippen LogP contribution in [0.1, 0.15) is 25.0 Å². The van der Waals surface area contributed by atoms with Gasteiger partial charge in [0.2, 0.25) is 0 Å². The maximum absolute atomic E-state index is 5.69. The number of benzene rings is 2. The summed E-state index contributed by atoms with van der Waals surface area (Å²) in [6.45, 7) is 8.75. The van der Waals surface area contributed by atoms with E-state index in [0.29, 0.717) is 24.7 Å². The molecule has 2 rings (SSSR count). The molecule has 0 aliphatic rings. The van der Waals surface area contributed by atoms with E-state index in [4.69, 9.17) is 9.47 Å². The van der Waals surface area contributed by atoms with Crippen molar-refractivity contribution in [2.24, 2.45) is 4.99 Å². The Morgan fingerprint density at radius 3 is 2.50 bits per heavy atom. The molecule has 0 aliphatic carbocycles. The van der Waals surface area contributed by atoms with E-state index in [-0.39, 0.29) is 0 Å². The maximum Gasteiger partial charge on any atom is 0.175 e. The van der Waals surface area contributed by atoms with Crippen molar-refractivity contribution in [1.29, 1.82) is 0 Å². The van der Waals surface area contributed by atoms with E-state index in [0.717, 1.165) is 22.1 Å². The van der Waals surface area contributed by atoms with Crippen molar-refractivity contribution in [1.82, 2.24) is 0 Å². The largest absolute Gasteiger partial charge is 0.490 e. The van der Waals surface area contributed by atoms with Gasteiger partial charge in [0.1, 0.15) is 6.61 Å². The van der Waals surface area contributed by atoms with E-state index < -0.39 is 0 Å². The van der Waals surface area contributed by atoms with Crippen LogP contribution in [0.4, 0.5) is 5.69 Å². The Balaban J connectivity index is 2.25. The SMILES string of the molecule is C=CCOc1c(Br)cc(C=Nc2ccc(CC)cc2)cc1OCC. The molecule has 0 unspecified atom stereocenters. The van der Waals surface area contributed by atoms with Gasteiger partial charge in [-0.15, -0.1) is 0 Å². The first-order valence-electron chi connectivity index (χ1n) is 8.01. The van der Waals surface area contributed by atoms with Gasteiger partial charge < -0.3 is 9.47 Å². The lowest BCUT2D eigenvalue weighted by Gasteiger charge is -2.13. The molecular formula is C20H22BrNO2. The number of aryl methyl sites for hydroxylation is 1. The van der Waals surface area contributed by atoms with Crippen LogP contribution in [0, 0.1) is 0 Å². The summed E-state index contributed by atoms with van der Waals surface area (Å²) >= 11 is 3.54. The van der Waals surface area contributed by atoms with Crippen LogP contribution < -0.4 is 9.47 Å². The first-order chi connectivity index (χ1) is 11.7. The molecule has 0 heterocycles. The summed E-state index contributed by atoms with van der Waals surface area (Å²) < 4.78 is 12.2. The van der Waals surface area contributed by atoms with Crippen molar-refractivity contribution in [3.05, 3.63) is 64.7 Å². The molecule has 0 saturated carbocycles. The zero-order chi connectivity index (χ0) is 17.4. The number of hydrogen-bond acceptors (Lipinski definition) is 3. The van der Waals surface area contributed by atoms with Crippen molar-refractivity contribution in [2.45, 2.75) is 20.3 Å². The number of aliphatic imine (C=N–C) groups is 1. The lowest BCUT2D eigenvalue weighted by molar-refractivity contribution is 0.295. The van der Waals surface area contributed by atoms with E-state index in [9.17, 15) is 0 Å². The van der Waals surface area contributed by atoms with E-state index >= 15 is 0 Å². The van der Waals surface area contributed by atoms with Gasteiger partial charge in [0.15, 0.2) is 11.5 Å². The van der Waals surface area contributed by atoms with Crippen molar-refractivity contribution in [3.8, 4) is 11.5 Å². The summed E-state index contributed by atoms with van der Waals surface area (Å²) in [4.78, 5) is 4.53. The van der Waals surface area contributed by atoms with Gasteiger partial charge >= 0.3 is 0 Å². The summed E-state index contributed by atoms with van der Waals surface area (Å²) in [6.07, 6.45) is 4.56. The van der Waals surface area contributed by atoms with E-state index in [2.05, 4.69) is 46.6 Å². The molecule has 126 valence electrons. The zero-order valence-corrected chi connectivity index (χ0v) is 15.7. The third kappa shape index (κ3) is 4.96. The molecule has 0 aliphatic heterocycles. The minimum Gasteiger partial charge on any atom is -0.490 e. The molecule has 4 heteroatoms. The zero-order valence-electron chi connectivity index (χ0n) is 14.1. The fourth-order valence-electron chi connectivity index (χ4n) is 2.17. The maximum atomic E-state index is 5.69. The predicted molar refractivity (Wildman–Crippen MR) is 104 cm³/mol. The average Bonchev–Trinajstić information content (AvgIpc) is 2.60. The summed E-state index contributed by atoms with van der Waals surface area (Å²) in [5.41, 5.74) is 3.17. The second-order valence-electron chi connectivity index (χ2n) is 5.14. The molecule has 0 radical (unpaired) electrons. The number of ether oxygens (including phenoxy) is 2. The normalized spacial score (nSPS) is 10.8. The molecule has 0 atom stereocenters. The molecule has 2 aromatic carbocycles. The van der Waals surface area contributed by atoms with Crippen LogP contribution in [0.15, 0.2) is 58.5 Å². The molecule has 24 heavy (non-hydrogen) atoms. The van der Waals surface area contributed by atoms with Gasteiger partial charge in [0.25, 0.3) is 0 Å². The van der Waals surface area contributed by atoms with Gasteiger partial charge in [0, 0.05) is 6.21 Å². The molecule has 0 bridgehead atoms. The van der Waals surface area contributed by atoms with Gasteiger partial charge in [-0.3, -0.25) is 4.99 Å². The Labute approximate surface area is 152 Å². The van der Waals surface area contributed by atoms with Crippen LogP contribution in [0.5, 0.6) is 11.5 Å². The van der Waals surface area contributed by atoms with Gasteiger partial charge in [-0.05, 0) is 64.7 Å². The minimum atomic E-state index is 0.426.